The van der Waals surface area contributed by atoms with Gasteiger partial charge in [0.05, 0.1) is 16.8 Å². The quantitative estimate of drug-likeness (QED) is 0.762. The van der Waals surface area contributed by atoms with Crippen LogP contribution in [0.3, 0.4) is 0 Å². The number of thiazole rings is 1. The molecule has 2 heterocycles. The first-order chi connectivity index (χ1) is 10.9. The molecule has 0 saturated carbocycles. The Labute approximate surface area is 140 Å². The highest BCUT2D eigenvalue weighted by Crippen LogP contribution is 2.23. The van der Waals surface area contributed by atoms with Crippen molar-refractivity contribution >= 4 is 29.2 Å². The third-order valence-electron chi connectivity index (χ3n) is 3.96. The van der Waals surface area contributed by atoms with Gasteiger partial charge in [0.15, 0.2) is 0 Å². The molecule has 126 valence electrons. The standard InChI is InChI=1S/C16H23N3O3S/c1-11-17-13(10-23-11)5-6-15(20)19-8-12(14(9-19)22-4)7-16(21)18(2)3/h5-6,10,12,14H,7-9H2,1-4H3/b6-5+/t12-,14-/m0/s1. The lowest BCUT2D eigenvalue weighted by molar-refractivity contribution is -0.130. The summed E-state index contributed by atoms with van der Waals surface area (Å²) in [5, 5.41) is 2.89. The van der Waals surface area contributed by atoms with Crippen molar-refractivity contribution in [2.45, 2.75) is 19.4 Å². The van der Waals surface area contributed by atoms with Crippen molar-refractivity contribution in [2.24, 2.45) is 5.92 Å². The lowest BCUT2D eigenvalue weighted by Crippen LogP contribution is -2.29. The van der Waals surface area contributed by atoms with Crippen LogP contribution in [0, 0.1) is 12.8 Å². The Kier molecular flexibility index (Phi) is 5.90. The highest BCUT2D eigenvalue weighted by atomic mass is 32.1. The number of hydrogen-bond donors (Lipinski definition) is 0. The Morgan fingerprint density at radius 3 is 2.78 bits per heavy atom. The number of nitrogens with zero attached hydrogens (tertiary/aromatic N) is 3. The van der Waals surface area contributed by atoms with Gasteiger partial charge in [-0.25, -0.2) is 4.98 Å². The SMILES string of the molecule is CO[C@H]1CN(C(=O)/C=C/c2csc(C)n2)C[C@@H]1CC(=O)N(C)C. The minimum Gasteiger partial charge on any atom is -0.379 e. The monoisotopic (exact) mass is 337 g/mol. The number of aryl methyl sites for hydroxylation is 1. The third kappa shape index (κ3) is 4.62. The molecule has 7 heteroatoms. The fourth-order valence-electron chi connectivity index (χ4n) is 2.61. The Morgan fingerprint density at radius 2 is 2.22 bits per heavy atom. The lowest BCUT2D eigenvalue weighted by atomic mass is 10.0. The Hall–Kier alpha value is -1.73. The molecular formula is C16H23N3O3S. The van der Waals surface area contributed by atoms with Gasteiger partial charge in [-0.05, 0) is 13.0 Å². The molecule has 6 nitrogen and oxygen atoms in total. The van der Waals surface area contributed by atoms with Gasteiger partial charge in [0.2, 0.25) is 11.8 Å². The predicted molar refractivity (Wildman–Crippen MR) is 90.1 cm³/mol. The second kappa shape index (κ2) is 7.70. The fraction of sp³-hybridized carbons (Fsp3) is 0.562. The fourth-order valence-corrected chi connectivity index (χ4v) is 3.19. The zero-order valence-electron chi connectivity index (χ0n) is 14.0. The first kappa shape index (κ1) is 17.6. The van der Waals surface area contributed by atoms with Crippen molar-refractivity contribution in [3.63, 3.8) is 0 Å². The van der Waals surface area contributed by atoms with Gasteiger partial charge in [0.25, 0.3) is 0 Å². The zero-order chi connectivity index (χ0) is 17.0. The van der Waals surface area contributed by atoms with Gasteiger partial charge in [0, 0.05) is 58.1 Å². The van der Waals surface area contributed by atoms with E-state index in [1.54, 1.807) is 48.4 Å². The van der Waals surface area contributed by atoms with E-state index >= 15 is 0 Å². The van der Waals surface area contributed by atoms with E-state index in [4.69, 9.17) is 4.74 Å². The van der Waals surface area contributed by atoms with Crippen LogP contribution in [0.25, 0.3) is 6.08 Å². The van der Waals surface area contributed by atoms with Crippen molar-refractivity contribution in [2.75, 3.05) is 34.3 Å². The van der Waals surface area contributed by atoms with E-state index in [1.807, 2.05) is 12.3 Å². The molecule has 0 aliphatic carbocycles. The van der Waals surface area contributed by atoms with E-state index in [2.05, 4.69) is 4.98 Å². The average Bonchev–Trinajstić information content (AvgIpc) is 3.10. The molecule has 2 amide bonds. The minimum absolute atomic E-state index is 0.0359. The smallest absolute Gasteiger partial charge is 0.246 e. The second-order valence-electron chi connectivity index (χ2n) is 5.89. The Bertz CT molecular complexity index is 597. The van der Waals surface area contributed by atoms with Crippen molar-refractivity contribution in [3.05, 3.63) is 22.2 Å². The maximum absolute atomic E-state index is 12.3. The number of aromatic nitrogens is 1. The number of carbonyl (C=O) groups excluding carboxylic acids is 2. The van der Waals surface area contributed by atoms with Crippen LogP contribution in [0.15, 0.2) is 11.5 Å². The van der Waals surface area contributed by atoms with Crippen molar-refractivity contribution in [3.8, 4) is 0 Å². The molecule has 1 fully saturated rings. The third-order valence-corrected chi connectivity index (χ3v) is 4.76. The van der Waals surface area contributed by atoms with E-state index in [0.29, 0.717) is 19.5 Å². The van der Waals surface area contributed by atoms with Gasteiger partial charge in [0.1, 0.15) is 0 Å². The minimum atomic E-state index is -0.0993. The molecule has 0 radical (unpaired) electrons. The topological polar surface area (TPSA) is 62.7 Å². The molecule has 0 bridgehead atoms. The molecule has 2 atom stereocenters. The molecule has 23 heavy (non-hydrogen) atoms. The largest absolute Gasteiger partial charge is 0.379 e. The number of likely N-dealkylation sites (tertiary alicyclic amines) is 1. The van der Waals surface area contributed by atoms with Crippen LogP contribution in [-0.2, 0) is 14.3 Å². The summed E-state index contributed by atoms with van der Waals surface area (Å²) >= 11 is 1.55. The molecule has 1 aliphatic rings. The van der Waals surface area contributed by atoms with Gasteiger partial charge >= 0.3 is 0 Å². The van der Waals surface area contributed by atoms with Gasteiger partial charge in [-0.2, -0.15) is 0 Å². The van der Waals surface area contributed by atoms with Crippen LogP contribution >= 0.6 is 11.3 Å². The second-order valence-corrected chi connectivity index (χ2v) is 6.96. The van der Waals surface area contributed by atoms with Crippen LogP contribution in [-0.4, -0.2) is 67.0 Å². The van der Waals surface area contributed by atoms with Gasteiger partial charge < -0.3 is 14.5 Å². The van der Waals surface area contributed by atoms with Crippen molar-refractivity contribution < 1.29 is 14.3 Å². The molecule has 0 aromatic carbocycles. The van der Waals surface area contributed by atoms with Crippen LogP contribution in [0.2, 0.25) is 0 Å². The van der Waals surface area contributed by atoms with Gasteiger partial charge in [-0.1, -0.05) is 0 Å². The molecule has 0 N–H and O–H groups in total. The van der Waals surface area contributed by atoms with Crippen LogP contribution in [0.4, 0.5) is 0 Å². The average molecular weight is 337 g/mol. The van der Waals surface area contributed by atoms with E-state index in [-0.39, 0.29) is 23.8 Å². The summed E-state index contributed by atoms with van der Waals surface area (Å²) in [6, 6.07) is 0. The summed E-state index contributed by atoms with van der Waals surface area (Å²) < 4.78 is 5.45. The summed E-state index contributed by atoms with van der Waals surface area (Å²) in [6.45, 7) is 2.98. The summed E-state index contributed by atoms with van der Waals surface area (Å²) in [4.78, 5) is 31.8. The summed E-state index contributed by atoms with van der Waals surface area (Å²) in [6.07, 6.45) is 3.56. The Balaban J connectivity index is 1.96. The maximum atomic E-state index is 12.3. The molecule has 1 aliphatic heterocycles. The molecule has 0 spiro atoms. The normalized spacial score (nSPS) is 21.1. The van der Waals surface area contributed by atoms with Gasteiger partial charge in [-0.3, -0.25) is 9.59 Å². The highest BCUT2D eigenvalue weighted by molar-refractivity contribution is 7.09. The van der Waals surface area contributed by atoms with Crippen molar-refractivity contribution in [1.82, 2.24) is 14.8 Å². The van der Waals surface area contributed by atoms with E-state index in [1.165, 1.54) is 6.08 Å². The lowest BCUT2D eigenvalue weighted by Gasteiger charge is -2.18. The number of methoxy groups -OCH3 is 1. The number of rotatable bonds is 5. The summed E-state index contributed by atoms with van der Waals surface area (Å²) in [5.41, 5.74) is 0.794. The number of ether oxygens (including phenoxy) is 1. The van der Waals surface area contributed by atoms with E-state index in [9.17, 15) is 9.59 Å². The molecule has 1 aromatic heterocycles. The number of hydrogen-bond acceptors (Lipinski definition) is 5. The summed E-state index contributed by atoms with van der Waals surface area (Å²) in [7, 11) is 5.10. The van der Waals surface area contributed by atoms with Crippen molar-refractivity contribution in [1.29, 1.82) is 0 Å². The molecule has 2 rings (SSSR count). The number of carbonyl (C=O) groups is 2. The molecular weight excluding hydrogens is 314 g/mol. The highest BCUT2D eigenvalue weighted by Gasteiger charge is 2.36. The first-order valence-electron chi connectivity index (χ1n) is 7.52. The maximum Gasteiger partial charge on any atom is 0.246 e. The van der Waals surface area contributed by atoms with E-state index < -0.39 is 0 Å². The summed E-state index contributed by atoms with van der Waals surface area (Å²) in [5.74, 6) is 0.0195. The first-order valence-corrected chi connectivity index (χ1v) is 8.40. The van der Waals surface area contributed by atoms with E-state index in [0.717, 1.165) is 10.7 Å². The van der Waals surface area contributed by atoms with Crippen LogP contribution in [0.5, 0.6) is 0 Å². The Morgan fingerprint density at radius 1 is 1.48 bits per heavy atom. The molecule has 1 saturated heterocycles. The zero-order valence-corrected chi connectivity index (χ0v) is 14.8. The predicted octanol–water partition coefficient (Wildman–Crippen LogP) is 1.42. The van der Waals surface area contributed by atoms with Crippen LogP contribution < -0.4 is 0 Å². The van der Waals surface area contributed by atoms with Gasteiger partial charge in [-0.15, -0.1) is 11.3 Å². The van der Waals surface area contributed by atoms with Crippen LogP contribution in [0.1, 0.15) is 17.1 Å². The number of amides is 2. The molecule has 0 unspecified atom stereocenters. The molecule has 1 aromatic rings.